The normalized spacial score (nSPS) is 13.8. The van der Waals surface area contributed by atoms with Gasteiger partial charge in [0.1, 0.15) is 0 Å². The van der Waals surface area contributed by atoms with Crippen LogP contribution in [0.2, 0.25) is 0 Å². The van der Waals surface area contributed by atoms with Crippen molar-refractivity contribution in [2.45, 2.75) is 12.8 Å². The molecule has 0 bridgehead atoms. The molecule has 7 heteroatoms. The van der Waals surface area contributed by atoms with Crippen LogP contribution in [0.15, 0.2) is 48.5 Å². The number of benzene rings is 2. The van der Waals surface area contributed by atoms with Crippen LogP contribution in [0.25, 0.3) is 0 Å². The Bertz CT molecular complexity index is 857. The number of ether oxygens (including phenoxy) is 1. The first kappa shape index (κ1) is 19.6. The average molecular weight is 382 g/mol. The van der Waals surface area contributed by atoms with Crippen molar-refractivity contribution in [3.05, 3.63) is 65.2 Å². The van der Waals surface area contributed by atoms with Crippen LogP contribution in [0.4, 0.5) is 5.69 Å². The van der Waals surface area contributed by atoms with E-state index in [-0.39, 0.29) is 23.8 Å². The lowest BCUT2D eigenvalue weighted by Crippen LogP contribution is -2.41. The summed E-state index contributed by atoms with van der Waals surface area (Å²) in [6.07, 6.45) is 0.397. The Hall–Kier alpha value is -3.19. The summed E-state index contributed by atoms with van der Waals surface area (Å²) >= 11 is 0. The standard InChI is InChI=1S/C21H22N2O5/c24-19(13-16-2-1-3-17(12-16)21(26)27)22-18-6-4-15(5-7-18)14-20(25)23-8-10-28-11-9-23/h1-7,12H,8-11,13-14H2,(H,22,24)(H,26,27). The first-order valence-electron chi connectivity index (χ1n) is 9.08. The molecule has 2 aromatic carbocycles. The number of aromatic carboxylic acids is 1. The van der Waals surface area contributed by atoms with Crippen LogP contribution in [0.1, 0.15) is 21.5 Å². The number of morpholine rings is 1. The quantitative estimate of drug-likeness (QED) is 0.796. The Morgan fingerprint density at radius 3 is 2.36 bits per heavy atom. The highest BCUT2D eigenvalue weighted by atomic mass is 16.5. The number of rotatable bonds is 6. The number of hydrogen-bond donors (Lipinski definition) is 2. The van der Waals surface area contributed by atoms with Gasteiger partial charge in [0.25, 0.3) is 0 Å². The molecule has 0 radical (unpaired) electrons. The van der Waals surface area contributed by atoms with Crippen LogP contribution in [0.3, 0.4) is 0 Å². The molecule has 1 heterocycles. The Balaban J connectivity index is 1.53. The van der Waals surface area contributed by atoms with Gasteiger partial charge in [-0.1, -0.05) is 24.3 Å². The number of anilines is 1. The third-order valence-corrected chi connectivity index (χ3v) is 4.50. The fourth-order valence-electron chi connectivity index (χ4n) is 3.01. The van der Waals surface area contributed by atoms with Gasteiger partial charge < -0.3 is 20.1 Å². The van der Waals surface area contributed by atoms with Crippen molar-refractivity contribution in [2.24, 2.45) is 0 Å². The van der Waals surface area contributed by atoms with E-state index in [9.17, 15) is 14.4 Å². The molecule has 146 valence electrons. The molecule has 1 aliphatic rings. The maximum Gasteiger partial charge on any atom is 0.335 e. The molecule has 0 unspecified atom stereocenters. The lowest BCUT2D eigenvalue weighted by atomic mass is 10.1. The summed E-state index contributed by atoms with van der Waals surface area (Å²) in [5.74, 6) is -1.19. The molecule has 3 rings (SSSR count). The number of carboxylic acids is 1. The van der Waals surface area contributed by atoms with Gasteiger partial charge in [-0.15, -0.1) is 0 Å². The summed E-state index contributed by atoms with van der Waals surface area (Å²) in [5, 5.41) is 11.8. The van der Waals surface area contributed by atoms with Crippen molar-refractivity contribution >= 4 is 23.5 Å². The Morgan fingerprint density at radius 1 is 0.964 bits per heavy atom. The van der Waals surface area contributed by atoms with E-state index in [0.717, 1.165) is 5.56 Å². The van der Waals surface area contributed by atoms with E-state index in [4.69, 9.17) is 9.84 Å². The van der Waals surface area contributed by atoms with E-state index in [1.54, 1.807) is 29.2 Å². The Labute approximate surface area is 162 Å². The van der Waals surface area contributed by atoms with E-state index < -0.39 is 5.97 Å². The number of carboxylic acid groups (broad SMARTS) is 1. The van der Waals surface area contributed by atoms with E-state index in [2.05, 4.69) is 5.32 Å². The van der Waals surface area contributed by atoms with E-state index in [0.29, 0.717) is 44.0 Å². The molecule has 0 aromatic heterocycles. The van der Waals surface area contributed by atoms with Gasteiger partial charge in [-0.25, -0.2) is 4.79 Å². The monoisotopic (exact) mass is 382 g/mol. The molecular formula is C21H22N2O5. The van der Waals surface area contributed by atoms with Crippen molar-refractivity contribution in [2.75, 3.05) is 31.6 Å². The first-order chi connectivity index (χ1) is 13.5. The van der Waals surface area contributed by atoms with Crippen LogP contribution in [0, 0.1) is 0 Å². The van der Waals surface area contributed by atoms with Gasteiger partial charge in [-0.05, 0) is 35.4 Å². The summed E-state index contributed by atoms with van der Waals surface area (Å²) in [5.41, 5.74) is 2.29. The van der Waals surface area contributed by atoms with E-state index in [1.807, 2.05) is 12.1 Å². The van der Waals surface area contributed by atoms with Crippen LogP contribution in [0.5, 0.6) is 0 Å². The van der Waals surface area contributed by atoms with Gasteiger partial charge in [-0.2, -0.15) is 0 Å². The fraction of sp³-hybridized carbons (Fsp3) is 0.286. The second-order valence-electron chi connectivity index (χ2n) is 6.60. The van der Waals surface area contributed by atoms with Crippen LogP contribution in [-0.2, 0) is 27.2 Å². The molecule has 2 N–H and O–H groups in total. The highest BCUT2D eigenvalue weighted by molar-refractivity contribution is 5.93. The fourth-order valence-corrected chi connectivity index (χ4v) is 3.01. The maximum atomic E-state index is 12.3. The Kier molecular flexibility index (Phi) is 6.39. The molecule has 0 atom stereocenters. The molecule has 28 heavy (non-hydrogen) atoms. The highest BCUT2D eigenvalue weighted by Gasteiger charge is 2.17. The number of nitrogens with one attached hydrogen (secondary N) is 1. The van der Waals surface area contributed by atoms with Crippen LogP contribution < -0.4 is 5.32 Å². The van der Waals surface area contributed by atoms with Gasteiger partial charge in [0.15, 0.2) is 0 Å². The molecule has 2 aromatic rings. The lowest BCUT2D eigenvalue weighted by molar-refractivity contribution is -0.134. The molecule has 2 amide bonds. The zero-order valence-electron chi connectivity index (χ0n) is 15.4. The minimum Gasteiger partial charge on any atom is -0.478 e. The van der Waals surface area contributed by atoms with E-state index in [1.165, 1.54) is 12.1 Å². The Morgan fingerprint density at radius 2 is 1.68 bits per heavy atom. The predicted octanol–water partition coefficient (Wildman–Crippen LogP) is 1.97. The second kappa shape index (κ2) is 9.14. The topological polar surface area (TPSA) is 95.9 Å². The summed E-state index contributed by atoms with van der Waals surface area (Å²) in [6, 6.07) is 13.5. The summed E-state index contributed by atoms with van der Waals surface area (Å²) in [4.78, 5) is 37.3. The van der Waals surface area contributed by atoms with Gasteiger partial charge in [0.2, 0.25) is 11.8 Å². The number of carbonyl (C=O) groups excluding carboxylic acids is 2. The highest BCUT2D eigenvalue weighted by Crippen LogP contribution is 2.13. The average Bonchev–Trinajstić information content (AvgIpc) is 2.70. The van der Waals surface area contributed by atoms with Crippen molar-refractivity contribution in [3.8, 4) is 0 Å². The lowest BCUT2D eigenvalue weighted by Gasteiger charge is -2.26. The summed E-state index contributed by atoms with van der Waals surface area (Å²) < 4.78 is 5.25. The molecular weight excluding hydrogens is 360 g/mol. The summed E-state index contributed by atoms with van der Waals surface area (Å²) in [7, 11) is 0. The molecule has 1 aliphatic heterocycles. The second-order valence-corrected chi connectivity index (χ2v) is 6.60. The third-order valence-electron chi connectivity index (χ3n) is 4.50. The number of hydrogen-bond acceptors (Lipinski definition) is 4. The van der Waals surface area contributed by atoms with Crippen molar-refractivity contribution in [1.82, 2.24) is 4.90 Å². The minimum atomic E-state index is -1.02. The largest absolute Gasteiger partial charge is 0.478 e. The molecule has 7 nitrogen and oxygen atoms in total. The van der Waals surface area contributed by atoms with Gasteiger partial charge in [0.05, 0.1) is 31.6 Å². The van der Waals surface area contributed by atoms with Crippen LogP contribution in [-0.4, -0.2) is 54.1 Å². The third kappa shape index (κ3) is 5.40. The SMILES string of the molecule is O=C(Cc1cccc(C(=O)O)c1)Nc1ccc(CC(=O)N2CCOCC2)cc1. The van der Waals surface area contributed by atoms with Gasteiger partial charge >= 0.3 is 5.97 Å². The number of nitrogens with zero attached hydrogens (tertiary/aromatic N) is 1. The van der Waals surface area contributed by atoms with Crippen molar-refractivity contribution in [3.63, 3.8) is 0 Å². The number of amides is 2. The van der Waals surface area contributed by atoms with Gasteiger partial charge in [0, 0.05) is 18.8 Å². The van der Waals surface area contributed by atoms with Crippen molar-refractivity contribution in [1.29, 1.82) is 0 Å². The molecule has 0 spiro atoms. The smallest absolute Gasteiger partial charge is 0.335 e. The molecule has 1 saturated heterocycles. The molecule has 0 saturated carbocycles. The zero-order chi connectivity index (χ0) is 19.9. The minimum absolute atomic E-state index is 0.0680. The van der Waals surface area contributed by atoms with Crippen molar-refractivity contribution < 1.29 is 24.2 Å². The van der Waals surface area contributed by atoms with Crippen LogP contribution >= 0.6 is 0 Å². The molecule has 0 aliphatic carbocycles. The number of carbonyl (C=O) groups is 3. The zero-order valence-corrected chi connectivity index (χ0v) is 15.4. The first-order valence-corrected chi connectivity index (χ1v) is 9.08. The molecule has 1 fully saturated rings. The van der Waals surface area contributed by atoms with Gasteiger partial charge in [-0.3, -0.25) is 9.59 Å². The van der Waals surface area contributed by atoms with E-state index >= 15 is 0 Å². The predicted molar refractivity (Wildman–Crippen MR) is 103 cm³/mol. The maximum absolute atomic E-state index is 12.3. The summed E-state index contributed by atoms with van der Waals surface area (Å²) in [6.45, 7) is 2.39.